The first-order valence-corrected chi connectivity index (χ1v) is 9.11. The molecule has 28 heavy (non-hydrogen) atoms. The number of fused-ring (bicyclic) bond motifs is 1. The second-order valence-corrected chi connectivity index (χ2v) is 6.87. The van der Waals surface area contributed by atoms with Gasteiger partial charge in [0.05, 0.1) is 18.6 Å². The Bertz CT molecular complexity index is 982. The van der Waals surface area contributed by atoms with E-state index in [4.69, 9.17) is 4.42 Å². The number of ketones is 1. The summed E-state index contributed by atoms with van der Waals surface area (Å²) in [6.07, 6.45) is 2.10. The Morgan fingerprint density at radius 3 is 2.32 bits per heavy atom. The lowest BCUT2D eigenvalue weighted by Gasteiger charge is -2.18. The molecule has 3 N–H and O–H groups in total. The predicted molar refractivity (Wildman–Crippen MR) is 107 cm³/mol. The highest BCUT2D eigenvalue weighted by Crippen LogP contribution is 2.22. The highest BCUT2D eigenvalue weighted by Gasteiger charge is 2.27. The zero-order valence-corrected chi connectivity index (χ0v) is 15.6. The molecule has 0 aliphatic heterocycles. The van der Waals surface area contributed by atoms with Gasteiger partial charge >= 0.3 is 7.12 Å². The quantitative estimate of drug-likeness (QED) is 0.519. The van der Waals surface area contributed by atoms with Crippen LogP contribution in [-0.2, 0) is 28.9 Å². The zero-order valence-electron chi connectivity index (χ0n) is 15.6. The monoisotopic (exact) mass is 379 g/mol. The molecule has 0 saturated heterocycles. The molecule has 1 amide bonds. The number of benzene rings is 2. The standard InChI is InChI=1S/C21H22BNO5/c1-14(24)10-15-6-2-3-7-16(15)12-21(25)23-20(22(26)27)11-17-13-28-19-9-5-4-8-18(17)19/h2-9,13,20,26-27H,10-12H2,1H3,(H,23,25)/t20-/m0/s1. The van der Waals surface area contributed by atoms with Gasteiger partial charge in [0, 0.05) is 11.8 Å². The first-order valence-electron chi connectivity index (χ1n) is 9.11. The van der Waals surface area contributed by atoms with Crippen LogP contribution in [0, 0.1) is 0 Å². The minimum absolute atomic E-state index is 0.0170. The summed E-state index contributed by atoms with van der Waals surface area (Å²) in [5, 5.41) is 23.0. The van der Waals surface area contributed by atoms with E-state index in [1.165, 1.54) is 6.92 Å². The van der Waals surface area contributed by atoms with Gasteiger partial charge in [0.2, 0.25) is 5.91 Å². The summed E-state index contributed by atoms with van der Waals surface area (Å²) in [7, 11) is -1.72. The maximum Gasteiger partial charge on any atom is 0.475 e. The van der Waals surface area contributed by atoms with Crippen molar-refractivity contribution in [1.29, 1.82) is 0 Å². The maximum atomic E-state index is 12.5. The van der Waals surface area contributed by atoms with Gasteiger partial charge in [0.1, 0.15) is 11.4 Å². The summed E-state index contributed by atoms with van der Waals surface area (Å²) in [4.78, 5) is 23.9. The topological polar surface area (TPSA) is 99.8 Å². The van der Waals surface area contributed by atoms with E-state index < -0.39 is 13.1 Å². The van der Waals surface area contributed by atoms with Crippen LogP contribution in [0.5, 0.6) is 0 Å². The Morgan fingerprint density at radius 2 is 1.64 bits per heavy atom. The van der Waals surface area contributed by atoms with Crippen LogP contribution in [0.25, 0.3) is 11.0 Å². The average Bonchev–Trinajstić information content (AvgIpc) is 3.05. The van der Waals surface area contributed by atoms with Crippen molar-refractivity contribution in [3.8, 4) is 0 Å². The fourth-order valence-electron chi connectivity index (χ4n) is 3.26. The minimum Gasteiger partial charge on any atom is -0.464 e. The molecule has 0 aliphatic rings. The summed E-state index contributed by atoms with van der Waals surface area (Å²) in [5.74, 6) is -1.21. The second kappa shape index (κ2) is 8.86. The molecule has 2 aromatic carbocycles. The predicted octanol–water partition coefficient (Wildman–Crippen LogP) is 1.85. The molecule has 3 rings (SSSR count). The molecule has 0 fully saturated rings. The Balaban J connectivity index is 1.71. The molecule has 7 heteroatoms. The van der Waals surface area contributed by atoms with Gasteiger partial charge in [-0.1, -0.05) is 42.5 Å². The van der Waals surface area contributed by atoms with Crippen molar-refractivity contribution in [3.63, 3.8) is 0 Å². The fourth-order valence-corrected chi connectivity index (χ4v) is 3.26. The van der Waals surface area contributed by atoms with Gasteiger partial charge in [-0.05, 0) is 36.1 Å². The van der Waals surface area contributed by atoms with Gasteiger partial charge in [-0.2, -0.15) is 0 Å². The van der Waals surface area contributed by atoms with Gasteiger partial charge < -0.3 is 19.8 Å². The molecule has 0 radical (unpaired) electrons. The molecule has 1 atom stereocenters. The molecule has 0 spiro atoms. The van der Waals surface area contributed by atoms with Crippen LogP contribution in [0.2, 0.25) is 0 Å². The van der Waals surface area contributed by atoms with E-state index in [0.717, 1.165) is 22.1 Å². The van der Waals surface area contributed by atoms with Crippen LogP contribution in [0.3, 0.4) is 0 Å². The molecule has 3 aromatic rings. The van der Waals surface area contributed by atoms with Gasteiger partial charge in [-0.25, -0.2) is 0 Å². The second-order valence-electron chi connectivity index (χ2n) is 6.87. The number of hydrogen-bond acceptors (Lipinski definition) is 5. The number of rotatable bonds is 8. The van der Waals surface area contributed by atoms with E-state index in [-0.39, 0.29) is 31.0 Å². The summed E-state index contributed by atoms with van der Waals surface area (Å²) in [6, 6.07) is 14.7. The lowest BCUT2D eigenvalue weighted by molar-refractivity contribution is -0.121. The Hall–Kier alpha value is -2.90. The van der Waals surface area contributed by atoms with E-state index in [2.05, 4.69) is 5.32 Å². The summed E-state index contributed by atoms with van der Waals surface area (Å²) in [6.45, 7) is 1.50. The first kappa shape index (κ1) is 19.9. The summed E-state index contributed by atoms with van der Waals surface area (Å²) < 4.78 is 5.48. The lowest BCUT2D eigenvalue weighted by atomic mass is 9.75. The SMILES string of the molecule is CC(=O)Cc1ccccc1CC(=O)N[C@@H](Cc1coc2ccccc12)B(O)O. The molecular weight excluding hydrogens is 357 g/mol. The Labute approximate surface area is 163 Å². The third kappa shape index (κ3) is 4.88. The van der Waals surface area contributed by atoms with E-state index >= 15 is 0 Å². The van der Waals surface area contributed by atoms with E-state index in [9.17, 15) is 19.6 Å². The van der Waals surface area contributed by atoms with Gasteiger partial charge in [0.25, 0.3) is 0 Å². The largest absolute Gasteiger partial charge is 0.475 e. The fraction of sp³-hybridized carbons (Fsp3) is 0.238. The number of Topliss-reactive ketones (excluding diaryl/α,β-unsaturated/α-hetero) is 1. The van der Waals surface area contributed by atoms with Gasteiger partial charge in [-0.3, -0.25) is 9.59 Å². The van der Waals surface area contributed by atoms with Crippen molar-refractivity contribution in [2.24, 2.45) is 0 Å². The van der Waals surface area contributed by atoms with Crippen LogP contribution < -0.4 is 5.32 Å². The van der Waals surface area contributed by atoms with E-state index in [0.29, 0.717) is 5.58 Å². The van der Waals surface area contributed by atoms with Crippen LogP contribution in [0.15, 0.2) is 59.2 Å². The molecule has 1 heterocycles. The molecule has 0 bridgehead atoms. The van der Waals surface area contributed by atoms with Gasteiger partial charge in [0.15, 0.2) is 0 Å². The minimum atomic E-state index is -1.72. The number of carbonyl (C=O) groups is 2. The Morgan fingerprint density at radius 1 is 1.00 bits per heavy atom. The van der Waals surface area contributed by atoms with Crippen molar-refractivity contribution >= 4 is 29.8 Å². The Kier molecular flexibility index (Phi) is 6.28. The normalized spacial score (nSPS) is 12.0. The van der Waals surface area contributed by atoms with Crippen molar-refractivity contribution < 1.29 is 24.1 Å². The van der Waals surface area contributed by atoms with Crippen LogP contribution >= 0.6 is 0 Å². The molecule has 1 aromatic heterocycles. The van der Waals surface area contributed by atoms with Gasteiger partial charge in [-0.15, -0.1) is 0 Å². The number of furan rings is 1. The highest BCUT2D eigenvalue weighted by atomic mass is 16.4. The number of nitrogens with one attached hydrogen (secondary N) is 1. The lowest BCUT2D eigenvalue weighted by Crippen LogP contribution is -2.48. The molecular formula is C21H22BNO5. The number of para-hydroxylation sites is 1. The number of carbonyl (C=O) groups excluding carboxylic acids is 2. The number of hydrogen-bond donors (Lipinski definition) is 3. The van der Waals surface area contributed by atoms with Crippen LogP contribution in [0.1, 0.15) is 23.6 Å². The summed E-state index contributed by atoms with van der Waals surface area (Å²) in [5.41, 5.74) is 3.03. The van der Waals surface area contributed by atoms with Crippen LogP contribution in [0.4, 0.5) is 0 Å². The molecule has 6 nitrogen and oxygen atoms in total. The molecule has 0 unspecified atom stereocenters. The highest BCUT2D eigenvalue weighted by molar-refractivity contribution is 6.43. The third-order valence-electron chi connectivity index (χ3n) is 4.62. The van der Waals surface area contributed by atoms with E-state index in [1.807, 2.05) is 42.5 Å². The maximum absolute atomic E-state index is 12.5. The smallest absolute Gasteiger partial charge is 0.464 e. The van der Waals surface area contributed by atoms with Crippen molar-refractivity contribution in [2.45, 2.75) is 32.1 Å². The molecule has 0 aliphatic carbocycles. The van der Waals surface area contributed by atoms with E-state index in [1.54, 1.807) is 12.3 Å². The zero-order chi connectivity index (χ0) is 20.1. The van der Waals surface area contributed by atoms with Crippen LogP contribution in [-0.4, -0.2) is 34.8 Å². The number of amides is 1. The van der Waals surface area contributed by atoms with Crippen molar-refractivity contribution in [2.75, 3.05) is 0 Å². The first-order chi connectivity index (χ1) is 13.4. The van der Waals surface area contributed by atoms with Crippen molar-refractivity contribution in [3.05, 3.63) is 71.5 Å². The molecule has 0 saturated carbocycles. The average molecular weight is 379 g/mol. The van der Waals surface area contributed by atoms with Crippen molar-refractivity contribution in [1.82, 2.24) is 5.32 Å². The third-order valence-corrected chi connectivity index (χ3v) is 4.62. The summed E-state index contributed by atoms with van der Waals surface area (Å²) >= 11 is 0. The molecule has 144 valence electrons.